The summed E-state index contributed by atoms with van der Waals surface area (Å²) < 4.78 is 1.64. The highest BCUT2D eigenvalue weighted by molar-refractivity contribution is 7.98. The van der Waals surface area contributed by atoms with Gasteiger partial charge in [-0.3, -0.25) is 9.69 Å². The summed E-state index contributed by atoms with van der Waals surface area (Å²) >= 11 is 9.00. The number of thioether (sulfide) groups is 1. The molecule has 0 saturated carbocycles. The van der Waals surface area contributed by atoms with Crippen LogP contribution in [-0.2, 0) is 17.0 Å². The topological polar surface area (TPSA) is 76.8 Å². The van der Waals surface area contributed by atoms with Crippen molar-refractivity contribution in [2.45, 2.75) is 31.2 Å². The van der Waals surface area contributed by atoms with Crippen molar-refractivity contribution in [2.24, 2.45) is 0 Å². The third kappa shape index (κ3) is 4.79. The molecule has 2 aromatic heterocycles. The lowest BCUT2D eigenvalue weighted by molar-refractivity contribution is -0.115. The van der Waals surface area contributed by atoms with E-state index in [1.165, 1.54) is 23.1 Å². The summed E-state index contributed by atoms with van der Waals surface area (Å²) in [6.07, 6.45) is 0.834. The number of rotatable bonds is 7. The zero-order valence-electron chi connectivity index (χ0n) is 16.9. The third-order valence-electron chi connectivity index (χ3n) is 4.50. The van der Waals surface area contributed by atoms with Gasteiger partial charge in [-0.2, -0.15) is 4.68 Å². The van der Waals surface area contributed by atoms with Crippen LogP contribution in [0.4, 0.5) is 10.8 Å². The van der Waals surface area contributed by atoms with Crippen LogP contribution in [0.2, 0.25) is 5.02 Å². The Kier molecular flexibility index (Phi) is 6.64. The van der Waals surface area contributed by atoms with Crippen molar-refractivity contribution in [3.63, 3.8) is 0 Å². The van der Waals surface area contributed by atoms with Gasteiger partial charge in [0.05, 0.1) is 17.1 Å². The molecule has 0 radical (unpaired) electrons. The maximum Gasteiger partial charge on any atom is 0.230 e. The Bertz CT molecular complexity index is 1210. The third-order valence-corrected chi connectivity index (χ3v) is 6.56. The molecule has 31 heavy (non-hydrogen) atoms. The number of nitrogens with zero attached hydrogens (tertiary/aromatic N) is 6. The monoisotopic (exact) mass is 470 g/mol. The zero-order valence-corrected chi connectivity index (χ0v) is 19.3. The van der Waals surface area contributed by atoms with Crippen LogP contribution in [0.1, 0.15) is 25.1 Å². The second kappa shape index (κ2) is 9.59. The number of carbonyl (C=O) groups excluding carboxylic acids is 1. The predicted molar refractivity (Wildman–Crippen MR) is 124 cm³/mol. The van der Waals surface area contributed by atoms with Crippen LogP contribution < -0.4 is 4.90 Å². The number of thiazole rings is 1. The minimum atomic E-state index is -0.0700. The second-order valence-corrected chi connectivity index (χ2v) is 8.82. The predicted octanol–water partition coefficient (Wildman–Crippen LogP) is 5.31. The summed E-state index contributed by atoms with van der Waals surface area (Å²) in [4.78, 5) is 18.8. The zero-order chi connectivity index (χ0) is 21.8. The van der Waals surface area contributed by atoms with Crippen LogP contribution >= 0.6 is 34.7 Å². The molecular weight excluding hydrogens is 452 g/mol. The number of aryl methyl sites for hydroxylation is 1. The molecule has 158 valence electrons. The Hall–Kier alpha value is -2.75. The summed E-state index contributed by atoms with van der Waals surface area (Å²) in [6, 6.07) is 15.3. The van der Waals surface area contributed by atoms with Gasteiger partial charge in [0.2, 0.25) is 11.1 Å². The molecule has 10 heteroatoms. The van der Waals surface area contributed by atoms with Crippen molar-refractivity contribution in [3.8, 4) is 5.69 Å². The van der Waals surface area contributed by atoms with E-state index in [2.05, 4.69) is 22.4 Å². The van der Waals surface area contributed by atoms with E-state index >= 15 is 0 Å². The van der Waals surface area contributed by atoms with E-state index in [0.29, 0.717) is 21.1 Å². The van der Waals surface area contributed by atoms with Gasteiger partial charge in [-0.05, 0) is 46.7 Å². The van der Waals surface area contributed by atoms with E-state index in [9.17, 15) is 4.79 Å². The standard InChI is InChI=1S/C21H19ClN6OS2/c1-3-15-7-4-5-10-19(15)27(14(2)29)20-23-17(12-30-20)13-31-21-24-25-26-28(21)18-9-6-8-16(22)11-18/h4-12H,3,13H2,1-2H3. The van der Waals surface area contributed by atoms with Crippen molar-refractivity contribution in [3.05, 3.63) is 70.2 Å². The number of halogens is 1. The van der Waals surface area contributed by atoms with E-state index in [1.54, 1.807) is 28.6 Å². The first-order chi connectivity index (χ1) is 15.1. The lowest BCUT2D eigenvalue weighted by Gasteiger charge is -2.20. The number of hydrogen-bond donors (Lipinski definition) is 0. The number of aromatic nitrogens is 5. The van der Waals surface area contributed by atoms with Gasteiger partial charge in [-0.15, -0.1) is 16.4 Å². The van der Waals surface area contributed by atoms with Crippen molar-refractivity contribution >= 4 is 51.4 Å². The molecule has 0 fully saturated rings. The van der Waals surface area contributed by atoms with Gasteiger partial charge in [0.25, 0.3) is 0 Å². The summed E-state index contributed by atoms with van der Waals surface area (Å²) in [5.41, 5.74) is 3.62. The Morgan fingerprint density at radius 1 is 1.23 bits per heavy atom. The number of carbonyl (C=O) groups is 1. The molecule has 2 heterocycles. The van der Waals surface area contributed by atoms with Crippen molar-refractivity contribution in [1.82, 2.24) is 25.2 Å². The fourth-order valence-electron chi connectivity index (χ4n) is 3.08. The molecule has 0 spiro atoms. The quantitative estimate of drug-likeness (QED) is 0.340. The Morgan fingerprint density at radius 3 is 2.84 bits per heavy atom. The average Bonchev–Trinajstić information content (AvgIpc) is 3.42. The highest BCUT2D eigenvalue weighted by Crippen LogP contribution is 2.33. The van der Waals surface area contributed by atoms with Crippen LogP contribution in [-0.4, -0.2) is 31.1 Å². The Morgan fingerprint density at radius 2 is 2.06 bits per heavy atom. The number of para-hydroxylation sites is 1. The Labute approximate surface area is 193 Å². The van der Waals surface area contributed by atoms with Gasteiger partial charge in [0.1, 0.15) is 0 Å². The highest BCUT2D eigenvalue weighted by atomic mass is 35.5. The summed E-state index contributed by atoms with van der Waals surface area (Å²) in [5.74, 6) is 0.498. The molecule has 1 amide bonds. The van der Waals surface area contributed by atoms with E-state index in [0.717, 1.165) is 29.1 Å². The van der Waals surface area contributed by atoms with Gasteiger partial charge >= 0.3 is 0 Å². The molecule has 4 rings (SSSR count). The van der Waals surface area contributed by atoms with Gasteiger partial charge < -0.3 is 0 Å². The number of amides is 1. The number of hydrogen-bond acceptors (Lipinski definition) is 7. The molecule has 2 aromatic carbocycles. The fourth-order valence-corrected chi connectivity index (χ4v) is 5.03. The Balaban J connectivity index is 1.54. The molecular formula is C21H19ClN6OS2. The number of anilines is 2. The van der Waals surface area contributed by atoms with Crippen molar-refractivity contribution < 1.29 is 4.79 Å². The lowest BCUT2D eigenvalue weighted by atomic mass is 10.1. The minimum Gasteiger partial charge on any atom is -0.274 e. The summed E-state index contributed by atoms with van der Waals surface area (Å²) in [5, 5.41) is 15.8. The largest absolute Gasteiger partial charge is 0.274 e. The maximum absolute atomic E-state index is 12.4. The van der Waals surface area contributed by atoms with Crippen LogP contribution in [0.15, 0.2) is 59.1 Å². The number of tetrazole rings is 1. The van der Waals surface area contributed by atoms with Gasteiger partial charge in [0.15, 0.2) is 5.13 Å². The maximum atomic E-state index is 12.4. The molecule has 4 aromatic rings. The van der Waals surface area contributed by atoms with Gasteiger partial charge in [-0.1, -0.05) is 54.6 Å². The molecule has 0 aliphatic heterocycles. The second-order valence-electron chi connectivity index (χ2n) is 6.60. The number of benzene rings is 2. The molecule has 0 saturated heterocycles. The summed E-state index contributed by atoms with van der Waals surface area (Å²) in [7, 11) is 0. The van der Waals surface area contributed by atoms with Crippen LogP contribution in [0.25, 0.3) is 5.69 Å². The van der Waals surface area contributed by atoms with E-state index in [1.807, 2.05) is 41.8 Å². The van der Waals surface area contributed by atoms with Crippen LogP contribution in [0, 0.1) is 0 Å². The van der Waals surface area contributed by atoms with Gasteiger partial charge in [0, 0.05) is 23.1 Å². The summed E-state index contributed by atoms with van der Waals surface area (Å²) in [6.45, 7) is 3.63. The molecule has 0 aliphatic rings. The highest BCUT2D eigenvalue weighted by Gasteiger charge is 2.20. The molecule has 0 aliphatic carbocycles. The smallest absolute Gasteiger partial charge is 0.230 e. The van der Waals surface area contributed by atoms with Crippen LogP contribution in [0.5, 0.6) is 0 Å². The fraction of sp³-hybridized carbons (Fsp3) is 0.190. The molecule has 7 nitrogen and oxygen atoms in total. The normalized spacial score (nSPS) is 10.9. The molecule has 0 N–H and O–H groups in total. The molecule has 0 unspecified atom stereocenters. The lowest BCUT2D eigenvalue weighted by Crippen LogP contribution is -2.23. The average molecular weight is 471 g/mol. The molecule has 0 atom stereocenters. The SMILES string of the molecule is CCc1ccccc1N(C(C)=O)c1nc(CSc2nnnn2-c2cccc(Cl)c2)cs1. The van der Waals surface area contributed by atoms with E-state index in [4.69, 9.17) is 16.6 Å². The van der Waals surface area contributed by atoms with Crippen molar-refractivity contribution in [2.75, 3.05) is 4.90 Å². The van der Waals surface area contributed by atoms with Crippen LogP contribution in [0.3, 0.4) is 0 Å². The first-order valence-corrected chi connectivity index (χ1v) is 11.8. The van der Waals surface area contributed by atoms with E-state index < -0.39 is 0 Å². The van der Waals surface area contributed by atoms with Gasteiger partial charge in [-0.25, -0.2) is 4.98 Å². The molecule has 0 bridgehead atoms. The van der Waals surface area contributed by atoms with E-state index in [-0.39, 0.29) is 5.91 Å². The van der Waals surface area contributed by atoms with Crippen molar-refractivity contribution in [1.29, 1.82) is 0 Å². The minimum absolute atomic E-state index is 0.0700. The first-order valence-electron chi connectivity index (χ1n) is 9.57. The first kappa shape index (κ1) is 21.5.